The fraction of sp³-hybridized carbons (Fsp3) is 0.125. The van der Waals surface area contributed by atoms with Gasteiger partial charge in [0.25, 0.3) is 5.88 Å². The maximum atomic E-state index is 11.4. The van der Waals surface area contributed by atoms with Crippen molar-refractivity contribution in [2.45, 2.75) is 6.61 Å². The average molecular weight is 327 g/mol. The predicted octanol–water partition coefficient (Wildman–Crippen LogP) is 3.23. The van der Waals surface area contributed by atoms with Crippen molar-refractivity contribution in [3.05, 3.63) is 64.7 Å². The normalized spacial score (nSPS) is 10.4. The van der Waals surface area contributed by atoms with Crippen molar-refractivity contribution in [3.8, 4) is 23.1 Å². The molecule has 8 heteroatoms. The number of rotatable bonds is 6. The maximum absolute atomic E-state index is 11.4. The molecule has 8 nitrogen and oxygen atoms in total. The number of nitro groups is 1. The molecule has 0 saturated heterocycles. The van der Waals surface area contributed by atoms with E-state index in [-0.39, 0.29) is 29.6 Å². The first-order valence-electron chi connectivity index (χ1n) is 6.98. The highest BCUT2D eigenvalue weighted by molar-refractivity contribution is 5.68. The first-order chi connectivity index (χ1) is 11.7. The van der Waals surface area contributed by atoms with E-state index in [9.17, 15) is 10.1 Å². The maximum Gasteiger partial charge on any atom is 0.360 e. The molecule has 0 aliphatic heterocycles. The monoisotopic (exact) mass is 327 g/mol. The summed E-state index contributed by atoms with van der Waals surface area (Å²) in [6.07, 6.45) is 2.62. The van der Waals surface area contributed by atoms with Gasteiger partial charge in [0, 0.05) is 0 Å². The van der Waals surface area contributed by atoms with Gasteiger partial charge in [-0.3, -0.25) is 10.1 Å². The summed E-state index contributed by atoms with van der Waals surface area (Å²) in [4.78, 5) is 18.7. The summed E-state index contributed by atoms with van der Waals surface area (Å²) in [6, 6.07) is 10.4. The second-order valence-electron chi connectivity index (χ2n) is 4.75. The van der Waals surface area contributed by atoms with Gasteiger partial charge in [-0.25, -0.2) is 4.98 Å². The van der Waals surface area contributed by atoms with Gasteiger partial charge in [0.05, 0.1) is 18.3 Å². The van der Waals surface area contributed by atoms with Crippen molar-refractivity contribution in [3.63, 3.8) is 0 Å². The predicted molar refractivity (Wildman–Crippen MR) is 83.7 cm³/mol. The Morgan fingerprint density at radius 1 is 1.21 bits per heavy atom. The van der Waals surface area contributed by atoms with Crippen LogP contribution >= 0.6 is 0 Å². The van der Waals surface area contributed by atoms with E-state index in [1.165, 1.54) is 12.6 Å². The zero-order valence-corrected chi connectivity index (χ0v) is 12.7. The van der Waals surface area contributed by atoms with Crippen LogP contribution in [-0.2, 0) is 6.61 Å². The minimum absolute atomic E-state index is 0.0738. The topological polar surface area (TPSA) is 101 Å². The van der Waals surface area contributed by atoms with Crippen LogP contribution in [0.15, 0.2) is 53.4 Å². The number of ether oxygens (including phenoxy) is 2. The van der Waals surface area contributed by atoms with Gasteiger partial charge in [-0.1, -0.05) is 12.1 Å². The Morgan fingerprint density at radius 3 is 2.62 bits per heavy atom. The summed E-state index contributed by atoms with van der Waals surface area (Å²) in [7, 11) is 1.58. The lowest BCUT2D eigenvalue weighted by Gasteiger charge is -2.08. The third kappa shape index (κ3) is 3.17. The van der Waals surface area contributed by atoms with Crippen LogP contribution in [0.1, 0.15) is 5.56 Å². The van der Waals surface area contributed by atoms with Crippen molar-refractivity contribution < 1.29 is 18.8 Å². The van der Waals surface area contributed by atoms with Crippen LogP contribution in [-0.4, -0.2) is 22.0 Å². The summed E-state index contributed by atoms with van der Waals surface area (Å²) in [5.74, 6) is 0.877. The molecule has 0 N–H and O–H groups in total. The van der Waals surface area contributed by atoms with E-state index in [1.54, 1.807) is 43.5 Å². The second-order valence-corrected chi connectivity index (χ2v) is 4.75. The number of nitrogens with zero attached hydrogens (tertiary/aromatic N) is 3. The number of hydrogen-bond donors (Lipinski definition) is 0. The number of aromatic nitrogens is 2. The number of furan rings is 1. The van der Waals surface area contributed by atoms with Gasteiger partial charge in [-0.15, -0.1) is 0 Å². The van der Waals surface area contributed by atoms with Crippen LogP contribution in [0.3, 0.4) is 0 Å². The highest BCUT2D eigenvalue weighted by atomic mass is 16.6. The van der Waals surface area contributed by atoms with Crippen molar-refractivity contribution >= 4 is 5.69 Å². The van der Waals surface area contributed by atoms with E-state index < -0.39 is 4.92 Å². The second kappa shape index (κ2) is 6.78. The van der Waals surface area contributed by atoms with E-state index >= 15 is 0 Å². The molecule has 3 aromatic rings. The van der Waals surface area contributed by atoms with Gasteiger partial charge in [0.2, 0.25) is 0 Å². The quantitative estimate of drug-likeness (QED) is 0.506. The first-order valence-corrected chi connectivity index (χ1v) is 6.98. The van der Waals surface area contributed by atoms with Crippen LogP contribution in [0.2, 0.25) is 0 Å². The fourth-order valence-electron chi connectivity index (χ4n) is 2.10. The van der Waals surface area contributed by atoms with Gasteiger partial charge >= 0.3 is 5.69 Å². The number of methoxy groups -OCH3 is 1. The Kier molecular flexibility index (Phi) is 4.37. The van der Waals surface area contributed by atoms with Crippen molar-refractivity contribution in [1.29, 1.82) is 0 Å². The summed E-state index contributed by atoms with van der Waals surface area (Å²) in [6.45, 7) is 0.124. The van der Waals surface area contributed by atoms with Gasteiger partial charge in [-0.05, 0) is 29.8 Å². The zero-order chi connectivity index (χ0) is 16.9. The molecule has 1 aromatic carbocycles. The van der Waals surface area contributed by atoms with E-state index in [0.29, 0.717) is 5.75 Å². The third-order valence-corrected chi connectivity index (χ3v) is 3.26. The minimum atomic E-state index is -0.582. The lowest BCUT2D eigenvalue weighted by molar-refractivity contribution is -0.385. The SMILES string of the molecule is COc1ccc(COc2ncnc(-c3ccco3)c2[N+](=O)[O-])cc1. The molecule has 0 atom stereocenters. The van der Waals surface area contributed by atoms with E-state index in [1.807, 2.05) is 0 Å². The molecule has 0 saturated carbocycles. The molecular weight excluding hydrogens is 314 g/mol. The number of hydrogen-bond acceptors (Lipinski definition) is 7. The van der Waals surface area contributed by atoms with Crippen LogP contribution in [0.4, 0.5) is 5.69 Å². The number of benzene rings is 1. The van der Waals surface area contributed by atoms with E-state index in [2.05, 4.69) is 9.97 Å². The molecule has 0 spiro atoms. The summed E-state index contributed by atoms with van der Waals surface area (Å²) >= 11 is 0. The Hall–Kier alpha value is -3.42. The van der Waals surface area contributed by atoms with Crippen LogP contribution in [0, 0.1) is 10.1 Å². The van der Waals surface area contributed by atoms with Crippen LogP contribution < -0.4 is 9.47 Å². The van der Waals surface area contributed by atoms with Crippen LogP contribution in [0.25, 0.3) is 11.5 Å². The summed E-state index contributed by atoms with van der Waals surface area (Å²) < 4.78 is 15.8. The van der Waals surface area contributed by atoms with Crippen molar-refractivity contribution in [2.24, 2.45) is 0 Å². The largest absolute Gasteiger partial charge is 0.497 e. The summed E-state index contributed by atoms with van der Waals surface area (Å²) in [5, 5.41) is 11.4. The van der Waals surface area contributed by atoms with Crippen LogP contribution in [0.5, 0.6) is 11.6 Å². The summed E-state index contributed by atoms with van der Waals surface area (Å²) in [5.41, 5.74) is 0.564. The Balaban J connectivity index is 1.87. The molecule has 24 heavy (non-hydrogen) atoms. The first kappa shape index (κ1) is 15.5. The van der Waals surface area contributed by atoms with Gasteiger partial charge in [-0.2, -0.15) is 4.98 Å². The smallest absolute Gasteiger partial charge is 0.360 e. The molecule has 2 heterocycles. The molecular formula is C16H13N3O5. The molecule has 0 amide bonds. The zero-order valence-electron chi connectivity index (χ0n) is 12.7. The van der Waals surface area contributed by atoms with E-state index in [0.717, 1.165) is 5.56 Å². The molecule has 0 radical (unpaired) electrons. The van der Waals surface area contributed by atoms with Crippen molar-refractivity contribution in [1.82, 2.24) is 9.97 Å². The standard InChI is InChI=1S/C16H13N3O5/c1-22-12-6-4-11(5-7-12)9-24-16-15(19(20)21)14(17-10-18-16)13-3-2-8-23-13/h2-8,10H,9H2,1H3. The highest BCUT2D eigenvalue weighted by Crippen LogP contribution is 2.34. The average Bonchev–Trinajstić information content (AvgIpc) is 3.14. The Bertz CT molecular complexity index is 831. The molecule has 2 aromatic heterocycles. The molecule has 3 rings (SSSR count). The Morgan fingerprint density at radius 2 is 2.00 bits per heavy atom. The Labute approximate surface area is 136 Å². The highest BCUT2D eigenvalue weighted by Gasteiger charge is 2.27. The molecule has 0 bridgehead atoms. The molecule has 0 unspecified atom stereocenters. The van der Waals surface area contributed by atoms with Gasteiger partial charge in [0.15, 0.2) is 11.5 Å². The minimum Gasteiger partial charge on any atom is -0.497 e. The van der Waals surface area contributed by atoms with Crippen molar-refractivity contribution in [2.75, 3.05) is 7.11 Å². The molecule has 0 aliphatic carbocycles. The van der Waals surface area contributed by atoms with Gasteiger partial charge in [0.1, 0.15) is 18.7 Å². The third-order valence-electron chi connectivity index (χ3n) is 3.26. The lowest BCUT2D eigenvalue weighted by atomic mass is 10.2. The fourth-order valence-corrected chi connectivity index (χ4v) is 2.10. The van der Waals surface area contributed by atoms with Gasteiger partial charge < -0.3 is 13.9 Å². The van der Waals surface area contributed by atoms with E-state index in [4.69, 9.17) is 13.9 Å². The lowest BCUT2D eigenvalue weighted by Crippen LogP contribution is -2.04. The molecule has 122 valence electrons. The molecule has 0 fully saturated rings. The molecule has 0 aliphatic rings.